The fourth-order valence-electron chi connectivity index (χ4n) is 8.52. The van der Waals surface area contributed by atoms with E-state index in [-0.39, 0.29) is 0 Å². The Hall–Kier alpha value is -6.84. The zero-order valence-electron chi connectivity index (χ0n) is 27.7. The molecule has 0 aliphatic carbocycles. The molecule has 51 heavy (non-hydrogen) atoms. The van der Waals surface area contributed by atoms with E-state index >= 15 is 0 Å². The van der Waals surface area contributed by atoms with Gasteiger partial charge in [0.05, 0.1) is 38.8 Å². The van der Waals surface area contributed by atoms with Crippen molar-refractivity contribution in [2.24, 2.45) is 0 Å². The molecule has 0 aliphatic rings. The molecule has 3 heteroatoms. The molecule has 0 atom stereocenters. The predicted octanol–water partition coefficient (Wildman–Crippen LogP) is 12.6. The second-order valence-corrected chi connectivity index (χ2v) is 13.3. The average Bonchev–Trinajstić information content (AvgIpc) is 3.84. The molecule has 0 radical (unpaired) electrons. The van der Waals surface area contributed by atoms with Gasteiger partial charge in [-0.15, -0.1) is 0 Å². The average molecular weight is 650 g/mol. The van der Waals surface area contributed by atoms with Crippen LogP contribution in [0.25, 0.3) is 93.6 Å². The maximum atomic E-state index is 2.54. The highest BCUT2D eigenvalue weighted by Gasteiger charge is 2.23. The van der Waals surface area contributed by atoms with Crippen LogP contribution >= 0.6 is 0 Å². The molecule has 0 bridgehead atoms. The fourth-order valence-corrected chi connectivity index (χ4v) is 8.52. The van der Waals surface area contributed by atoms with Gasteiger partial charge < -0.3 is 13.7 Å². The molecule has 0 saturated heterocycles. The number of benzene rings is 8. The molecule has 11 aromatic rings. The number of aromatic nitrogens is 3. The summed E-state index contributed by atoms with van der Waals surface area (Å²) in [4.78, 5) is 0. The van der Waals surface area contributed by atoms with Gasteiger partial charge in [-0.05, 0) is 65.7 Å². The molecule has 0 fully saturated rings. The molecule has 0 saturated carbocycles. The summed E-state index contributed by atoms with van der Waals surface area (Å²) in [6.07, 6.45) is 0. The number of para-hydroxylation sites is 5. The van der Waals surface area contributed by atoms with Crippen molar-refractivity contribution in [3.05, 3.63) is 188 Å². The first kappa shape index (κ1) is 28.0. The van der Waals surface area contributed by atoms with Gasteiger partial charge in [0.2, 0.25) is 0 Å². The lowest BCUT2D eigenvalue weighted by atomic mass is 10.1. The zero-order chi connectivity index (χ0) is 33.5. The number of fused-ring (bicyclic) bond motifs is 10. The molecule has 0 unspecified atom stereocenters. The molecule has 238 valence electrons. The first-order chi connectivity index (χ1) is 25.3. The zero-order valence-corrected chi connectivity index (χ0v) is 27.7. The topological polar surface area (TPSA) is 14.8 Å². The van der Waals surface area contributed by atoms with Crippen LogP contribution < -0.4 is 0 Å². The Morgan fingerprint density at radius 3 is 1.55 bits per heavy atom. The van der Waals surface area contributed by atoms with Crippen molar-refractivity contribution in [3.8, 4) is 28.2 Å². The van der Waals surface area contributed by atoms with Crippen LogP contribution in [-0.4, -0.2) is 13.7 Å². The van der Waals surface area contributed by atoms with E-state index in [0.717, 1.165) is 17.1 Å². The summed E-state index contributed by atoms with van der Waals surface area (Å²) < 4.78 is 7.42. The Morgan fingerprint density at radius 2 is 0.804 bits per heavy atom. The number of nitrogens with zero attached hydrogens (tertiary/aromatic N) is 3. The van der Waals surface area contributed by atoms with Gasteiger partial charge in [0.1, 0.15) is 0 Å². The minimum atomic E-state index is 1.14. The van der Waals surface area contributed by atoms with E-state index < -0.39 is 0 Å². The number of hydrogen-bond donors (Lipinski definition) is 0. The van der Waals surface area contributed by atoms with Crippen molar-refractivity contribution >= 4 is 65.4 Å². The Balaban J connectivity index is 1.32. The van der Waals surface area contributed by atoms with E-state index in [4.69, 9.17) is 0 Å². The molecule has 0 aliphatic heterocycles. The molecule has 8 aromatic carbocycles. The van der Waals surface area contributed by atoms with Gasteiger partial charge in [-0.1, -0.05) is 133 Å². The maximum absolute atomic E-state index is 2.54. The summed E-state index contributed by atoms with van der Waals surface area (Å²) in [6.45, 7) is 0. The van der Waals surface area contributed by atoms with Crippen LogP contribution in [0.15, 0.2) is 188 Å². The smallest absolute Gasteiger partial charge is 0.0782 e. The van der Waals surface area contributed by atoms with E-state index in [9.17, 15) is 0 Å². The van der Waals surface area contributed by atoms with Crippen molar-refractivity contribution < 1.29 is 0 Å². The molecule has 11 rings (SSSR count). The van der Waals surface area contributed by atoms with E-state index in [1.54, 1.807) is 0 Å². The molecule has 0 N–H and O–H groups in total. The highest BCUT2D eigenvalue weighted by Crippen LogP contribution is 2.44. The lowest BCUT2D eigenvalue weighted by Crippen LogP contribution is -2.01. The van der Waals surface area contributed by atoms with Crippen molar-refractivity contribution in [3.63, 3.8) is 0 Å². The van der Waals surface area contributed by atoms with E-state index in [1.165, 1.54) is 76.5 Å². The number of hydrogen-bond acceptors (Lipinski definition) is 0. The molecule has 0 amide bonds. The monoisotopic (exact) mass is 649 g/mol. The number of rotatable bonds is 4. The van der Waals surface area contributed by atoms with E-state index in [0.29, 0.717) is 0 Å². The van der Waals surface area contributed by atoms with E-state index in [1.807, 2.05) is 0 Å². The molecular weight excluding hydrogens is 619 g/mol. The summed E-state index contributed by atoms with van der Waals surface area (Å²) in [7, 11) is 0. The quantitative estimate of drug-likeness (QED) is 0.180. The lowest BCUT2D eigenvalue weighted by Gasteiger charge is -2.15. The third-order valence-corrected chi connectivity index (χ3v) is 10.6. The second-order valence-electron chi connectivity index (χ2n) is 13.3. The van der Waals surface area contributed by atoms with Gasteiger partial charge in [0, 0.05) is 43.7 Å². The first-order valence-electron chi connectivity index (χ1n) is 17.5. The van der Waals surface area contributed by atoms with Crippen LogP contribution in [0.1, 0.15) is 0 Å². The minimum absolute atomic E-state index is 1.14. The Kier molecular flexibility index (Phi) is 5.96. The van der Waals surface area contributed by atoms with Crippen LogP contribution in [0.5, 0.6) is 0 Å². The van der Waals surface area contributed by atoms with E-state index in [2.05, 4.69) is 202 Å². The highest BCUT2D eigenvalue weighted by molar-refractivity contribution is 6.27. The fraction of sp³-hybridized carbons (Fsp3) is 0. The van der Waals surface area contributed by atoms with Crippen LogP contribution in [-0.2, 0) is 0 Å². The normalized spacial score (nSPS) is 11.9. The highest BCUT2D eigenvalue weighted by atomic mass is 15.1. The standard InChI is InChI=1S/C48H31N3/c1-3-15-32(16-4-1)33-17-13-20-35(31-33)50-41-25-10-7-21-36(41)38-24-14-28-45(47(38)50)51-42-26-11-8-22-37(42)39-29-30-44-46(48(39)51)40-23-9-12-27-43(40)49(44)34-18-5-2-6-19-34/h1-31H. The largest absolute Gasteiger partial charge is 0.309 e. The van der Waals surface area contributed by atoms with Crippen molar-refractivity contribution in [1.82, 2.24) is 13.7 Å². The van der Waals surface area contributed by atoms with Gasteiger partial charge in [0.15, 0.2) is 0 Å². The summed E-state index contributed by atoms with van der Waals surface area (Å²) in [6, 6.07) is 68.4. The molecule has 3 nitrogen and oxygen atoms in total. The molecule has 3 heterocycles. The van der Waals surface area contributed by atoms with Gasteiger partial charge in [-0.3, -0.25) is 0 Å². The second kappa shape index (κ2) is 10.8. The third kappa shape index (κ3) is 4.00. The van der Waals surface area contributed by atoms with Gasteiger partial charge in [-0.25, -0.2) is 0 Å². The predicted molar refractivity (Wildman–Crippen MR) is 215 cm³/mol. The summed E-state index contributed by atoms with van der Waals surface area (Å²) in [5.41, 5.74) is 13.1. The van der Waals surface area contributed by atoms with Gasteiger partial charge in [0.25, 0.3) is 0 Å². The van der Waals surface area contributed by atoms with Crippen LogP contribution in [0, 0.1) is 0 Å². The third-order valence-electron chi connectivity index (χ3n) is 10.6. The van der Waals surface area contributed by atoms with Crippen LogP contribution in [0.2, 0.25) is 0 Å². The summed E-state index contributed by atoms with van der Waals surface area (Å²) in [5, 5.41) is 7.48. The Labute approximate surface area is 294 Å². The van der Waals surface area contributed by atoms with Gasteiger partial charge in [-0.2, -0.15) is 0 Å². The van der Waals surface area contributed by atoms with Gasteiger partial charge >= 0.3 is 0 Å². The summed E-state index contributed by atoms with van der Waals surface area (Å²) in [5.74, 6) is 0. The van der Waals surface area contributed by atoms with Crippen molar-refractivity contribution in [1.29, 1.82) is 0 Å². The first-order valence-corrected chi connectivity index (χ1v) is 17.5. The summed E-state index contributed by atoms with van der Waals surface area (Å²) >= 11 is 0. The Morgan fingerprint density at radius 1 is 0.275 bits per heavy atom. The molecule has 0 spiro atoms. The van der Waals surface area contributed by atoms with Crippen LogP contribution in [0.4, 0.5) is 0 Å². The minimum Gasteiger partial charge on any atom is -0.309 e. The molecular formula is C48H31N3. The molecule has 3 aromatic heterocycles. The van der Waals surface area contributed by atoms with Crippen LogP contribution in [0.3, 0.4) is 0 Å². The Bertz CT molecular complexity index is 3120. The van der Waals surface area contributed by atoms with Crippen molar-refractivity contribution in [2.75, 3.05) is 0 Å². The SMILES string of the molecule is c1ccc(-c2cccc(-n3c4ccccc4c4cccc(-n5c6ccccc6c6ccc7c(c8ccccc8n7-c7ccccc7)c65)c43)c2)cc1. The van der Waals surface area contributed by atoms with Crippen molar-refractivity contribution in [2.45, 2.75) is 0 Å². The lowest BCUT2D eigenvalue weighted by molar-refractivity contribution is 1.13. The maximum Gasteiger partial charge on any atom is 0.0782 e.